The summed E-state index contributed by atoms with van der Waals surface area (Å²) in [6.45, 7) is 5.81. The minimum absolute atomic E-state index is 0.0174. The predicted molar refractivity (Wildman–Crippen MR) is 127 cm³/mol. The van der Waals surface area contributed by atoms with Crippen molar-refractivity contribution >= 4 is 29.8 Å². The summed E-state index contributed by atoms with van der Waals surface area (Å²) in [5, 5.41) is 12.8. The summed E-state index contributed by atoms with van der Waals surface area (Å²) in [5.41, 5.74) is -0.491. The van der Waals surface area contributed by atoms with Crippen LogP contribution in [0.5, 0.6) is 5.75 Å². The highest BCUT2D eigenvalue weighted by atomic mass is 19.1. The minimum atomic E-state index is -0.986. The van der Waals surface area contributed by atoms with E-state index in [2.05, 4.69) is 5.16 Å². The monoisotopic (exact) mass is 520 g/mol. The Morgan fingerprint density at radius 3 is 2.57 bits per heavy atom. The van der Waals surface area contributed by atoms with Crippen molar-refractivity contribution in [2.24, 2.45) is 0 Å². The third-order valence-corrected chi connectivity index (χ3v) is 5.81. The number of rotatable bonds is 6. The number of ether oxygens (including phenoxy) is 3. The van der Waals surface area contributed by atoms with Crippen LogP contribution < -0.4 is 14.5 Å². The molecule has 2 aliphatic rings. The third-order valence-electron chi connectivity index (χ3n) is 5.81. The summed E-state index contributed by atoms with van der Waals surface area (Å²) in [7, 11) is 0. The fraction of sp³-hybridized carbons (Fsp3) is 0.500. The van der Waals surface area contributed by atoms with E-state index in [1.165, 1.54) is 45.2 Å². The number of anilines is 2. The van der Waals surface area contributed by atoms with Crippen LogP contribution in [0.25, 0.3) is 0 Å². The van der Waals surface area contributed by atoms with E-state index in [9.17, 15) is 18.8 Å². The van der Waals surface area contributed by atoms with Crippen LogP contribution in [0.3, 0.4) is 0 Å². The Bertz CT molecular complexity index is 1130. The van der Waals surface area contributed by atoms with E-state index in [1.54, 1.807) is 20.8 Å². The summed E-state index contributed by atoms with van der Waals surface area (Å²) < 4.78 is 36.3. The molecular weight excluding hydrogens is 491 g/mol. The molecule has 0 unspecified atom stereocenters. The molecule has 2 aromatic rings. The number of hydrogen-bond donors (Lipinski definition) is 1. The van der Waals surface area contributed by atoms with Crippen molar-refractivity contribution in [1.29, 1.82) is 0 Å². The van der Waals surface area contributed by atoms with Gasteiger partial charge in [0, 0.05) is 38.1 Å². The van der Waals surface area contributed by atoms with Crippen LogP contribution in [0.15, 0.2) is 35.1 Å². The van der Waals surface area contributed by atoms with Crippen molar-refractivity contribution < 1.29 is 42.6 Å². The zero-order valence-corrected chi connectivity index (χ0v) is 20.8. The lowest BCUT2D eigenvalue weighted by Crippen LogP contribution is -2.42. The Morgan fingerprint density at radius 1 is 1.24 bits per heavy atom. The first-order valence-electron chi connectivity index (χ1n) is 11.8. The van der Waals surface area contributed by atoms with E-state index in [4.69, 9.17) is 23.8 Å². The molecule has 2 fully saturated rings. The molecule has 0 radical (unpaired) electrons. The molecule has 12 nitrogen and oxygen atoms in total. The minimum Gasteiger partial charge on any atom is -0.487 e. The Labute approximate surface area is 212 Å². The van der Waals surface area contributed by atoms with Gasteiger partial charge in [-0.1, -0.05) is 5.16 Å². The first-order valence-corrected chi connectivity index (χ1v) is 11.8. The molecule has 200 valence electrons. The summed E-state index contributed by atoms with van der Waals surface area (Å²) in [6.07, 6.45) is -1.20. The summed E-state index contributed by atoms with van der Waals surface area (Å²) >= 11 is 0. The van der Waals surface area contributed by atoms with Crippen molar-refractivity contribution in [1.82, 2.24) is 10.1 Å². The third kappa shape index (κ3) is 6.40. The number of halogens is 1. The zero-order valence-electron chi connectivity index (χ0n) is 20.8. The van der Waals surface area contributed by atoms with Crippen LogP contribution in [0.2, 0.25) is 0 Å². The predicted octanol–water partition coefficient (Wildman–Crippen LogP) is 4.10. The lowest BCUT2D eigenvalue weighted by atomic mass is 10.1. The van der Waals surface area contributed by atoms with E-state index < -0.39 is 35.8 Å². The van der Waals surface area contributed by atoms with Gasteiger partial charge in [0.2, 0.25) is 0 Å². The first kappa shape index (κ1) is 26.0. The Kier molecular flexibility index (Phi) is 7.41. The molecule has 2 saturated heterocycles. The number of cyclic esters (lactones) is 1. The standard InChI is InChI=1S/C24H29FN4O8/c1-24(2,3)37-23(33)29(20-8-11-34-26-20)14-17-13-28(22(32)36-17)15-4-5-19(18(25)12-15)35-16-6-9-27(10-7-16)21(30)31/h4-5,8,11-12,16-17H,6-7,9-10,13-14H2,1-3H3,(H,30,31)/t17-/m1/s1. The highest BCUT2D eigenvalue weighted by Crippen LogP contribution is 2.30. The average molecular weight is 521 g/mol. The molecule has 0 spiro atoms. The molecule has 4 rings (SSSR count). The van der Waals surface area contributed by atoms with Gasteiger partial charge >= 0.3 is 18.3 Å². The van der Waals surface area contributed by atoms with Gasteiger partial charge in [-0.15, -0.1) is 0 Å². The van der Waals surface area contributed by atoms with Crippen LogP contribution in [0.1, 0.15) is 33.6 Å². The second kappa shape index (κ2) is 10.5. The summed E-state index contributed by atoms with van der Waals surface area (Å²) in [6, 6.07) is 5.63. The molecule has 3 amide bonds. The Hall–Kier alpha value is -4.03. The Morgan fingerprint density at radius 2 is 1.97 bits per heavy atom. The topological polar surface area (TPSA) is 135 Å². The number of carboxylic acid groups (broad SMARTS) is 1. The van der Waals surface area contributed by atoms with E-state index in [1.807, 2.05) is 0 Å². The number of hydrogen-bond acceptors (Lipinski definition) is 8. The number of aromatic nitrogens is 1. The van der Waals surface area contributed by atoms with Crippen molar-refractivity contribution in [3.63, 3.8) is 0 Å². The maximum absolute atomic E-state index is 14.9. The van der Waals surface area contributed by atoms with Crippen LogP contribution >= 0.6 is 0 Å². The largest absolute Gasteiger partial charge is 0.487 e. The van der Waals surface area contributed by atoms with Crippen molar-refractivity contribution in [3.05, 3.63) is 36.3 Å². The zero-order chi connectivity index (χ0) is 26.7. The lowest BCUT2D eigenvalue weighted by molar-refractivity contribution is 0.0555. The van der Waals surface area contributed by atoms with Crippen molar-refractivity contribution in [2.75, 3.05) is 36.0 Å². The van der Waals surface area contributed by atoms with Gasteiger partial charge in [0.15, 0.2) is 17.4 Å². The molecule has 13 heteroatoms. The molecule has 0 saturated carbocycles. The maximum Gasteiger partial charge on any atom is 0.416 e. The normalized spacial score (nSPS) is 18.5. The van der Waals surface area contributed by atoms with E-state index in [-0.39, 0.29) is 36.4 Å². The molecule has 1 N–H and O–H groups in total. The number of benzene rings is 1. The maximum atomic E-state index is 14.9. The summed E-state index contributed by atoms with van der Waals surface area (Å²) in [4.78, 5) is 40.1. The van der Waals surface area contributed by atoms with E-state index in [0.717, 1.165) is 0 Å². The second-order valence-electron chi connectivity index (χ2n) is 9.77. The fourth-order valence-corrected chi connectivity index (χ4v) is 4.05. The quantitative estimate of drug-likeness (QED) is 0.597. The number of piperidine rings is 1. The SMILES string of the molecule is CC(C)(C)OC(=O)N(C[C@H]1CN(c2ccc(OC3CCN(C(=O)O)CC3)c(F)c2)C(=O)O1)c1ccon1. The molecular formula is C24H29FN4O8. The van der Waals surface area contributed by atoms with Gasteiger partial charge in [-0.05, 0) is 32.9 Å². The number of amides is 3. The van der Waals surface area contributed by atoms with E-state index in [0.29, 0.717) is 25.9 Å². The molecule has 1 aromatic heterocycles. The molecule has 0 aliphatic carbocycles. The van der Waals surface area contributed by atoms with Gasteiger partial charge in [0.25, 0.3) is 0 Å². The van der Waals surface area contributed by atoms with E-state index >= 15 is 0 Å². The van der Waals surface area contributed by atoms with Gasteiger partial charge in [-0.2, -0.15) is 0 Å². The number of likely N-dealkylation sites (tertiary alicyclic amines) is 1. The molecule has 2 aliphatic heterocycles. The van der Waals surface area contributed by atoms with Crippen LogP contribution in [0, 0.1) is 5.82 Å². The lowest BCUT2D eigenvalue weighted by Gasteiger charge is -2.30. The summed E-state index contributed by atoms with van der Waals surface area (Å²) in [5.74, 6) is -0.443. The average Bonchev–Trinajstić information content (AvgIpc) is 3.48. The second-order valence-corrected chi connectivity index (χ2v) is 9.77. The molecule has 37 heavy (non-hydrogen) atoms. The van der Waals surface area contributed by atoms with Crippen molar-refractivity contribution in [3.8, 4) is 5.75 Å². The van der Waals surface area contributed by atoms with Gasteiger partial charge in [-0.25, -0.2) is 18.8 Å². The molecule has 3 heterocycles. The van der Waals surface area contributed by atoms with Crippen LogP contribution in [-0.2, 0) is 9.47 Å². The fourth-order valence-electron chi connectivity index (χ4n) is 4.05. The van der Waals surface area contributed by atoms with Gasteiger partial charge in [-0.3, -0.25) is 9.80 Å². The molecule has 0 bridgehead atoms. The highest BCUT2D eigenvalue weighted by molar-refractivity contribution is 5.91. The number of carbonyl (C=O) groups is 3. The Balaban J connectivity index is 1.40. The molecule has 1 atom stereocenters. The van der Waals surface area contributed by atoms with Crippen LogP contribution in [-0.4, -0.2) is 77.4 Å². The number of nitrogens with zero attached hydrogens (tertiary/aromatic N) is 4. The smallest absolute Gasteiger partial charge is 0.416 e. The highest BCUT2D eigenvalue weighted by Gasteiger charge is 2.37. The van der Waals surface area contributed by atoms with Gasteiger partial charge in [0.1, 0.15) is 24.1 Å². The first-order chi connectivity index (χ1) is 17.5. The van der Waals surface area contributed by atoms with Gasteiger partial charge in [0.05, 0.1) is 18.8 Å². The van der Waals surface area contributed by atoms with Gasteiger partial charge < -0.3 is 28.7 Å². The van der Waals surface area contributed by atoms with Crippen molar-refractivity contribution in [2.45, 2.75) is 51.4 Å². The molecule has 1 aromatic carbocycles. The van der Waals surface area contributed by atoms with Crippen LogP contribution in [0.4, 0.5) is 30.3 Å². The number of carbonyl (C=O) groups excluding carboxylic acids is 2.